The predicted octanol–water partition coefficient (Wildman–Crippen LogP) is 3.01. The first kappa shape index (κ1) is 24.9. The molecule has 2 N–H and O–H groups in total. The molecule has 5 nitrogen and oxygen atoms in total. The molecule has 0 aliphatic carbocycles. The van der Waals surface area contributed by atoms with E-state index in [-0.39, 0.29) is 24.0 Å². The first-order chi connectivity index (χ1) is 11.7. The zero-order valence-corrected chi connectivity index (χ0v) is 19.3. The molecule has 1 heterocycles. The number of hydrogen-bond donors (Lipinski definition) is 2. The number of rotatable bonds is 10. The number of guanidine groups is 1. The second-order valence-electron chi connectivity index (χ2n) is 7.06. The summed E-state index contributed by atoms with van der Waals surface area (Å²) < 4.78 is 0. The maximum Gasteiger partial charge on any atom is 0.191 e. The number of likely N-dealkylation sites (N-methyl/N-ethyl adjacent to an activating group) is 1. The van der Waals surface area contributed by atoms with Gasteiger partial charge in [-0.3, -0.25) is 4.99 Å². The molecule has 0 aromatic heterocycles. The fourth-order valence-electron chi connectivity index (χ4n) is 3.14. The van der Waals surface area contributed by atoms with Gasteiger partial charge in [-0.05, 0) is 45.8 Å². The van der Waals surface area contributed by atoms with Crippen molar-refractivity contribution in [3.05, 3.63) is 0 Å². The van der Waals surface area contributed by atoms with Crippen molar-refractivity contribution in [1.29, 1.82) is 0 Å². The van der Waals surface area contributed by atoms with Crippen LogP contribution in [0.2, 0.25) is 0 Å². The molecular weight excluding hydrogens is 425 g/mol. The lowest BCUT2D eigenvalue weighted by Crippen LogP contribution is -2.42. The van der Waals surface area contributed by atoms with Crippen molar-refractivity contribution in [2.75, 3.05) is 59.4 Å². The quantitative estimate of drug-likeness (QED) is 0.295. The number of aliphatic imine (C=N–C) groups is 1. The second kappa shape index (κ2) is 16.1. The molecule has 150 valence electrons. The van der Waals surface area contributed by atoms with Crippen molar-refractivity contribution in [2.45, 2.75) is 52.9 Å². The van der Waals surface area contributed by atoms with E-state index < -0.39 is 0 Å². The van der Waals surface area contributed by atoms with E-state index in [0.29, 0.717) is 0 Å². The first-order valence-corrected chi connectivity index (χ1v) is 10.1. The largest absolute Gasteiger partial charge is 0.357 e. The Balaban J connectivity index is 0.00000576. The number of unbranched alkanes of at least 4 members (excludes halogenated alkanes) is 1. The SMILES string of the molecule is CCCCC(CC)CN=C(NCC)NCCN1CCCN(C)CC1.I. The molecule has 1 unspecified atom stereocenters. The molecule has 0 radical (unpaired) electrons. The summed E-state index contributed by atoms with van der Waals surface area (Å²) in [6.45, 7) is 15.4. The van der Waals surface area contributed by atoms with Crippen LogP contribution >= 0.6 is 24.0 Å². The monoisotopic (exact) mass is 467 g/mol. The van der Waals surface area contributed by atoms with Crippen LogP contribution in [0.15, 0.2) is 4.99 Å². The Kier molecular flexibility index (Phi) is 16.1. The molecule has 1 fully saturated rings. The molecule has 0 aromatic carbocycles. The minimum atomic E-state index is 0. The molecule has 1 aliphatic heterocycles. The summed E-state index contributed by atoms with van der Waals surface area (Å²) in [6.07, 6.45) is 6.41. The van der Waals surface area contributed by atoms with Gasteiger partial charge in [0.2, 0.25) is 0 Å². The Morgan fingerprint density at radius 1 is 1.08 bits per heavy atom. The highest BCUT2D eigenvalue weighted by Crippen LogP contribution is 2.12. The molecule has 1 atom stereocenters. The third-order valence-electron chi connectivity index (χ3n) is 4.93. The van der Waals surface area contributed by atoms with Crippen LogP contribution in [0.3, 0.4) is 0 Å². The zero-order chi connectivity index (χ0) is 17.6. The van der Waals surface area contributed by atoms with Crippen molar-refractivity contribution in [3.63, 3.8) is 0 Å². The van der Waals surface area contributed by atoms with E-state index in [1.807, 2.05) is 0 Å². The number of halogens is 1. The molecule has 25 heavy (non-hydrogen) atoms. The average molecular weight is 467 g/mol. The van der Waals surface area contributed by atoms with Crippen LogP contribution < -0.4 is 10.6 Å². The summed E-state index contributed by atoms with van der Waals surface area (Å²) in [4.78, 5) is 9.81. The Labute approximate surface area is 173 Å². The van der Waals surface area contributed by atoms with Gasteiger partial charge in [-0.2, -0.15) is 0 Å². The van der Waals surface area contributed by atoms with E-state index in [0.717, 1.165) is 38.1 Å². The fourth-order valence-corrected chi connectivity index (χ4v) is 3.14. The van der Waals surface area contributed by atoms with Crippen LogP contribution in [-0.2, 0) is 0 Å². The summed E-state index contributed by atoms with van der Waals surface area (Å²) in [5.74, 6) is 1.71. The lowest BCUT2D eigenvalue weighted by molar-refractivity contribution is 0.280. The van der Waals surface area contributed by atoms with Gasteiger partial charge in [0.05, 0.1) is 0 Å². The second-order valence-corrected chi connectivity index (χ2v) is 7.06. The Hall–Kier alpha value is -0.0800. The molecule has 0 amide bonds. The molecule has 0 spiro atoms. The Morgan fingerprint density at radius 3 is 2.56 bits per heavy atom. The highest BCUT2D eigenvalue weighted by Gasteiger charge is 2.11. The van der Waals surface area contributed by atoms with Crippen LogP contribution in [0.4, 0.5) is 0 Å². The standard InChI is InChI=1S/C19H41N5.HI/c1-5-8-10-18(6-2)17-22-19(20-7-3)21-11-14-24-13-9-12-23(4)15-16-24;/h18H,5-17H2,1-4H3,(H2,20,21,22);1H. The summed E-state index contributed by atoms with van der Waals surface area (Å²) in [6, 6.07) is 0. The van der Waals surface area contributed by atoms with Gasteiger partial charge in [0.15, 0.2) is 5.96 Å². The van der Waals surface area contributed by atoms with E-state index in [4.69, 9.17) is 4.99 Å². The maximum absolute atomic E-state index is 4.82. The lowest BCUT2D eigenvalue weighted by atomic mass is 10.00. The van der Waals surface area contributed by atoms with E-state index in [1.165, 1.54) is 58.3 Å². The van der Waals surface area contributed by atoms with Crippen LogP contribution in [0.1, 0.15) is 52.9 Å². The van der Waals surface area contributed by atoms with E-state index >= 15 is 0 Å². The summed E-state index contributed by atoms with van der Waals surface area (Å²) in [7, 11) is 2.22. The number of hydrogen-bond acceptors (Lipinski definition) is 3. The van der Waals surface area contributed by atoms with Crippen molar-refractivity contribution < 1.29 is 0 Å². The molecule has 1 rings (SSSR count). The third-order valence-corrected chi connectivity index (χ3v) is 4.93. The molecule has 6 heteroatoms. The van der Waals surface area contributed by atoms with Gasteiger partial charge >= 0.3 is 0 Å². The van der Waals surface area contributed by atoms with Gasteiger partial charge in [-0.25, -0.2) is 0 Å². The normalized spacial score (nSPS) is 18.3. The minimum Gasteiger partial charge on any atom is -0.357 e. The fraction of sp³-hybridized carbons (Fsp3) is 0.947. The Morgan fingerprint density at radius 2 is 1.88 bits per heavy atom. The molecule has 0 aromatic rings. The van der Waals surface area contributed by atoms with Gasteiger partial charge < -0.3 is 20.4 Å². The van der Waals surface area contributed by atoms with Gasteiger partial charge in [0.25, 0.3) is 0 Å². The first-order valence-electron chi connectivity index (χ1n) is 10.1. The predicted molar refractivity (Wildman–Crippen MR) is 121 cm³/mol. The topological polar surface area (TPSA) is 42.9 Å². The highest BCUT2D eigenvalue weighted by molar-refractivity contribution is 14.0. The lowest BCUT2D eigenvalue weighted by Gasteiger charge is -2.21. The van der Waals surface area contributed by atoms with Crippen LogP contribution in [0, 0.1) is 5.92 Å². The number of nitrogens with zero attached hydrogens (tertiary/aromatic N) is 3. The summed E-state index contributed by atoms with van der Waals surface area (Å²) in [5.41, 5.74) is 0. The van der Waals surface area contributed by atoms with Gasteiger partial charge in [0, 0.05) is 39.3 Å². The van der Waals surface area contributed by atoms with Crippen molar-refractivity contribution in [2.24, 2.45) is 10.9 Å². The molecule has 1 aliphatic rings. The van der Waals surface area contributed by atoms with Gasteiger partial charge in [-0.15, -0.1) is 24.0 Å². The third kappa shape index (κ3) is 12.0. The smallest absolute Gasteiger partial charge is 0.191 e. The van der Waals surface area contributed by atoms with E-state index in [2.05, 4.69) is 48.3 Å². The molecule has 1 saturated heterocycles. The zero-order valence-electron chi connectivity index (χ0n) is 17.0. The average Bonchev–Trinajstić information content (AvgIpc) is 2.79. The van der Waals surface area contributed by atoms with E-state index in [9.17, 15) is 0 Å². The van der Waals surface area contributed by atoms with Gasteiger partial charge in [0.1, 0.15) is 0 Å². The van der Waals surface area contributed by atoms with Crippen molar-refractivity contribution in [3.8, 4) is 0 Å². The van der Waals surface area contributed by atoms with Crippen LogP contribution in [-0.4, -0.2) is 75.2 Å². The number of nitrogens with one attached hydrogen (secondary N) is 2. The highest BCUT2D eigenvalue weighted by atomic mass is 127. The Bertz CT molecular complexity index is 338. The summed E-state index contributed by atoms with van der Waals surface area (Å²) in [5, 5.41) is 6.91. The van der Waals surface area contributed by atoms with Gasteiger partial charge in [-0.1, -0.05) is 33.1 Å². The van der Waals surface area contributed by atoms with Crippen molar-refractivity contribution >= 4 is 29.9 Å². The maximum atomic E-state index is 4.82. The molecule has 0 saturated carbocycles. The molecule has 0 bridgehead atoms. The van der Waals surface area contributed by atoms with Crippen LogP contribution in [0.5, 0.6) is 0 Å². The molecular formula is C19H42IN5. The minimum absolute atomic E-state index is 0. The van der Waals surface area contributed by atoms with Crippen molar-refractivity contribution in [1.82, 2.24) is 20.4 Å². The van der Waals surface area contributed by atoms with E-state index in [1.54, 1.807) is 0 Å². The summed E-state index contributed by atoms with van der Waals surface area (Å²) >= 11 is 0. The van der Waals surface area contributed by atoms with Crippen LogP contribution in [0.25, 0.3) is 0 Å².